The molecule has 7 heteroatoms. The maximum absolute atomic E-state index is 12.8. The van der Waals surface area contributed by atoms with Crippen molar-refractivity contribution in [2.75, 3.05) is 6.54 Å². The van der Waals surface area contributed by atoms with Gasteiger partial charge >= 0.3 is 0 Å². The van der Waals surface area contributed by atoms with E-state index in [4.69, 9.17) is 11.6 Å². The zero-order valence-corrected chi connectivity index (χ0v) is 14.5. The van der Waals surface area contributed by atoms with E-state index in [1.54, 1.807) is 11.0 Å². The molecule has 4 rings (SSSR count). The Morgan fingerprint density at radius 1 is 1.36 bits per heavy atom. The summed E-state index contributed by atoms with van der Waals surface area (Å²) in [6.07, 6.45) is 0.980. The number of carbonyl (C=O) groups excluding carboxylic acids is 1. The molecule has 0 fully saturated rings. The van der Waals surface area contributed by atoms with Gasteiger partial charge in [-0.05, 0) is 12.5 Å². The number of hydrogen-bond acceptors (Lipinski definition) is 3. The van der Waals surface area contributed by atoms with Crippen molar-refractivity contribution in [1.82, 2.24) is 19.5 Å². The zero-order chi connectivity index (χ0) is 17.6. The van der Waals surface area contributed by atoms with E-state index < -0.39 is 0 Å². The predicted molar refractivity (Wildman–Crippen MR) is 95.7 cm³/mol. The first kappa shape index (κ1) is 15.9. The molecule has 2 aromatic heterocycles. The Kier molecular flexibility index (Phi) is 3.84. The van der Waals surface area contributed by atoms with Gasteiger partial charge in [-0.1, -0.05) is 36.7 Å². The molecule has 1 aliphatic rings. The number of rotatable bonds is 2. The lowest BCUT2D eigenvalue weighted by molar-refractivity contribution is -0.131. The van der Waals surface area contributed by atoms with Crippen LogP contribution in [0.15, 0.2) is 35.1 Å². The van der Waals surface area contributed by atoms with Crippen LogP contribution in [0.4, 0.5) is 0 Å². The van der Waals surface area contributed by atoms with Crippen LogP contribution in [0.2, 0.25) is 5.02 Å². The number of nitrogens with zero attached hydrogens (tertiary/aromatic N) is 3. The summed E-state index contributed by atoms with van der Waals surface area (Å²) < 4.78 is 1.45. The van der Waals surface area contributed by atoms with E-state index in [0.717, 1.165) is 11.3 Å². The highest BCUT2D eigenvalue weighted by atomic mass is 35.5. The standard InChI is InChI=1S/C18H17ClN4O2/c1-2-17(24)22-8-7-12-15(10-22)20-16-9-14(21-23(16)18(12)25)11-5-3-4-6-13(11)19/h3-6,9,21H,2,7-8,10H2,1H3. The molecule has 0 unspecified atom stereocenters. The van der Waals surface area contributed by atoms with Gasteiger partial charge in [-0.15, -0.1) is 0 Å². The molecule has 0 aliphatic carbocycles. The summed E-state index contributed by atoms with van der Waals surface area (Å²) in [6.45, 7) is 2.78. The second kappa shape index (κ2) is 6.04. The lowest BCUT2D eigenvalue weighted by Crippen LogP contribution is -2.39. The zero-order valence-electron chi connectivity index (χ0n) is 13.8. The van der Waals surface area contributed by atoms with E-state index >= 15 is 0 Å². The van der Waals surface area contributed by atoms with Crippen LogP contribution in [0.25, 0.3) is 16.9 Å². The minimum atomic E-state index is -0.109. The number of carbonyl (C=O) groups is 1. The summed E-state index contributed by atoms with van der Waals surface area (Å²) in [7, 11) is 0. The molecule has 6 nitrogen and oxygen atoms in total. The molecule has 0 saturated carbocycles. The third-order valence-electron chi connectivity index (χ3n) is 4.59. The molecule has 0 spiro atoms. The Balaban J connectivity index is 1.82. The Morgan fingerprint density at radius 2 is 2.16 bits per heavy atom. The van der Waals surface area contributed by atoms with Crippen molar-refractivity contribution >= 4 is 23.2 Å². The van der Waals surface area contributed by atoms with Gasteiger partial charge in [-0.2, -0.15) is 0 Å². The van der Waals surface area contributed by atoms with Crippen LogP contribution in [0.1, 0.15) is 24.6 Å². The number of halogens is 1. The van der Waals surface area contributed by atoms with E-state index in [1.807, 2.05) is 31.2 Å². The molecular weight excluding hydrogens is 340 g/mol. The SMILES string of the molecule is CCC(=O)N1CCc2c(nc3cc(-c4ccccc4Cl)[nH]n3c2=O)C1. The van der Waals surface area contributed by atoms with Crippen LogP contribution in [-0.2, 0) is 17.8 Å². The number of aromatic nitrogens is 3. The average Bonchev–Trinajstić information content (AvgIpc) is 3.05. The van der Waals surface area contributed by atoms with Gasteiger partial charge in [0, 0.05) is 35.2 Å². The van der Waals surface area contributed by atoms with Crippen molar-refractivity contribution in [2.45, 2.75) is 26.3 Å². The molecule has 3 aromatic rings. The summed E-state index contributed by atoms with van der Waals surface area (Å²) in [6, 6.07) is 9.25. The number of nitrogens with one attached hydrogen (secondary N) is 1. The normalized spacial score (nSPS) is 13.9. The summed E-state index contributed by atoms with van der Waals surface area (Å²) in [5.41, 5.74) is 3.33. The molecule has 25 heavy (non-hydrogen) atoms. The summed E-state index contributed by atoms with van der Waals surface area (Å²) in [5.74, 6) is 0.0819. The maximum atomic E-state index is 12.8. The Bertz CT molecular complexity index is 1040. The third kappa shape index (κ3) is 2.62. The van der Waals surface area contributed by atoms with Crippen molar-refractivity contribution in [2.24, 2.45) is 0 Å². The highest BCUT2D eigenvalue weighted by molar-refractivity contribution is 6.33. The number of benzene rings is 1. The van der Waals surface area contributed by atoms with Gasteiger partial charge in [0.1, 0.15) is 0 Å². The van der Waals surface area contributed by atoms with Gasteiger partial charge in [0.2, 0.25) is 5.91 Å². The van der Waals surface area contributed by atoms with Crippen molar-refractivity contribution in [3.8, 4) is 11.3 Å². The second-order valence-electron chi connectivity index (χ2n) is 6.10. The van der Waals surface area contributed by atoms with Crippen LogP contribution in [0, 0.1) is 0 Å². The van der Waals surface area contributed by atoms with Gasteiger partial charge < -0.3 is 4.90 Å². The number of hydrogen-bond donors (Lipinski definition) is 1. The molecule has 0 radical (unpaired) electrons. The van der Waals surface area contributed by atoms with Gasteiger partial charge in [-0.25, -0.2) is 9.50 Å². The maximum Gasteiger partial charge on any atom is 0.276 e. The Labute approximate surface area is 149 Å². The molecule has 0 bridgehead atoms. The Morgan fingerprint density at radius 3 is 2.92 bits per heavy atom. The molecule has 1 amide bonds. The van der Waals surface area contributed by atoms with Crippen molar-refractivity contribution in [1.29, 1.82) is 0 Å². The molecule has 3 heterocycles. The van der Waals surface area contributed by atoms with Crippen LogP contribution in [0.5, 0.6) is 0 Å². The number of amides is 1. The molecule has 0 saturated heterocycles. The number of H-pyrrole nitrogens is 1. The van der Waals surface area contributed by atoms with Crippen LogP contribution >= 0.6 is 11.6 Å². The smallest absolute Gasteiger partial charge is 0.276 e. The van der Waals surface area contributed by atoms with Crippen molar-refractivity contribution in [3.63, 3.8) is 0 Å². The van der Waals surface area contributed by atoms with E-state index in [-0.39, 0.29) is 11.5 Å². The highest BCUT2D eigenvalue weighted by Crippen LogP contribution is 2.27. The first-order chi connectivity index (χ1) is 12.1. The van der Waals surface area contributed by atoms with E-state index in [0.29, 0.717) is 47.9 Å². The molecule has 1 aromatic carbocycles. The van der Waals surface area contributed by atoms with Crippen LogP contribution in [0.3, 0.4) is 0 Å². The second-order valence-corrected chi connectivity index (χ2v) is 6.51. The first-order valence-corrected chi connectivity index (χ1v) is 8.62. The minimum absolute atomic E-state index is 0.0819. The topological polar surface area (TPSA) is 70.5 Å². The minimum Gasteiger partial charge on any atom is -0.336 e. The molecular formula is C18H17ClN4O2. The van der Waals surface area contributed by atoms with Crippen LogP contribution < -0.4 is 5.56 Å². The lowest BCUT2D eigenvalue weighted by Gasteiger charge is -2.27. The van der Waals surface area contributed by atoms with E-state index in [1.165, 1.54) is 4.52 Å². The highest BCUT2D eigenvalue weighted by Gasteiger charge is 2.24. The monoisotopic (exact) mass is 356 g/mol. The summed E-state index contributed by atoms with van der Waals surface area (Å²) in [5, 5.41) is 3.70. The first-order valence-electron chi connectivity index (χ1n) is 8.24. The fraction of sp³-hybridized carbons (Fsp3) is 0.278. The summed E-state index contributed by atoms with van der Waals surface area (Å²) in [4.78, 5) is 31.1. The largest absolute Gasteiger partial charge is 0.336 e. The van der Waals surface area contributed by atoms with Gasteiger partial charge in [0.05, 0.1) is 17.9 Å². The van der Waals surface area contributed by atoms with Gasteiger partial charge in [0.15, 0.2) is 5.65 Å². The molecule has 0 atom stereocenters. The van der Waals surface area contributed by atoms with E-state index in [2.05, 4.69) is 10.1 Å². The Hall–Kier alpha value is -2.60. The quantitative estimate of drug-likeness (QED) is 0.767. The van der Waals surface area contributed by atoms with Crippen molar-refractivity contribution in [3.05, 3.63) is 57.0 Å². The average molecular weight is 357 g/mol. The summed E-state index contributed by atoms with van der Waals surface area (Å²) >= 11 is 6.25. The van der Waals surface area contributed by atoms with Gasteiger partial charge in [0.25, 0.3) is 5.56 Å². The molecule has 1 aliphatic heterocycles. The van der Waals surface area contributed by atoms with Crippen molar-refractivity contribution < 1.29 is 4.79 Å². The third-order valence-corrected chi connectivity index (χ3v) is 4.92. The fourth-order valence-electron chi connectivity index (χ4n) is 3.25. The van der Waals surface area contributed by atoms with E-state index in [9.17, 15) is 9.59 Å². The van der Waals surface area contributed by atoms with Gasteiger partial charge in [-0.3, -0.25) is 14.7 Å². The molecule has 1 N–H and O–H groups in total. The predicted octanol–water partition coefficient (Wildman–Crippen LogP) is 2.64. The van der Waals surface area contributed by atoms with Crippen LogP contribution in [-0.4, -0.2) is 31.9 Å². The fourth-order valence-corrected chi connectivity index (χ4v) is 3.49. The number of aromatic amines is 1. The lowest BCUT2D eigenvalue weighted by atomic mass is 10.1. The number of fused-ring (bicyclic) bond motifs is 2. The molecule has 128 valence electrons.